The predicted octanol–water partition coefficient (Wildman–Crippen LogP) is 1.01. The first-order valence-corrected chi connectivity index (χ1v) is 8.07. The second kappa shape index (κ2) is 6.26. The Morgan fingerprint density at radius 1 is 1.44 bits per heavy atom. The molecule has 2 unspecified atom stereocenters. The molecule has 1 aliphatic carbocycles. The van der Waals surface area contributed by atoms with Gasteiger partial charge in [-0.2, -0.15) is 11.8 Å². The lowest BCUT2D eigenvalue weighted by Gasteiger charge is -2.40. The summed E-state index contributed by atoms with van der Waals surface area (Å²) < 4.78 is 5.72. The van der Waals surface area contributed by atoms with Crippen LogP contribution in [-0.2, 0) is 9.53 Å². The van der Waals surface area contributed by atoms with E-state index in [1.54, 1.807) is 0 Å². The molecule has 2 N–H and O–H groups in total. The van der Waals surface area contributed by atoms with E-state index in [2.05, 4.69) is 23.8 Å². The number of hydrogen-bond donors (Lipinski definition) is 2. The van der Waals surface area contributed by atoms with E-state index in [1.165, 1.54) is 19.3 Å². The van der Waals surface area contributed by atoms with Gasteiger partial charge in [-0.25, -0.2) is 0 Å². The molecule has 2 aliphatic rings. The molecule has 2 atom stereocenters. The summed E-state index contributed by atoms with van der Waals surface area (Å²) in [5.74, 6) is 0.128. The zero-order valence-corrected chi connectivity index (χ0v) is 12.1. The van der Waals surface area contributed by atoms with Gasteiger partial charge in [-0.1, -0.05) is 13.3 Å². The molecule has 1 heterocycles. The molecule has 1 saturated heterocycles. The Balaban J connectivity index is 1.80. The average molecular weight is 272 g/mol. The van der Waals surface area contributed by atoms with Gasteiger partial charge >= 0.3 is 0 Å². The van der Waals surface area contributed by atoms with E-state index >= 15 is 0 Å². The van der Waals surface area contributed by atoms with Crippen LogP contribution in [0.2, 0.25) is 0 Å². The summed E-state index contributed by atoms with van der Waals surface area (Å²) in [5.41, 5.74) is 0. The third kappa shape index (κ3) is 3.00. The van der Waals surface area contributed by atoms with E-state index in [0.717, 1.165) is 13.1 Å². The van der Waals surface area contributed by atoms with E-state index in [0.29, 0.717) is 18.0 Å². The number of ether oxygens (including phenoxy) is 1. The van der Waals surface area contributed by atoms with Crippen LogP contribution in [0.25, 0.3) is 0 Å². The molecule has 104 valence electrons. The number of carbonyl (C=O) groups is 1. The van der Waals surface area contributed by atoms with Crippen molar-refractivity contribution in [2.75, 3.05) is 32.6 Å². The Hall–Kier alpha value is -0.260. The van der Waals surface area contributed by atoms with Crippen molar-refractivity contribution >= 4 is 17.7 Å². The summed E-state index contributed by atoms with van der Waals surface area (Å²) in [4.78, 5) is 12.2. The van der Waals surface area contributed by atoms with Crippen LogP contribution in [0, 0.1) is 5.92 Å². The minimum absolute atomic E-state index is 0.0241. The Morgan fingerprint density at radius 3 is 2.78 bits per heavy atom. The standard InChI is InChI=1S/C13H24N2O2S/c1-3-14-11-8-17-7-10(11)12(16)15-9-13(18-2)5-4-6-13/h10-11,14H,3-9H2,1-2H3,(H,15,16). The largest absolute Gasteiger partial charge is 0.379 e. The van der Waals surface area contributed by atoms with Crippen molar-refractivity contribution in [1.82, 2.24) is 10.6 Å². The van der Waals surface area contributed by atoms with Gasteiger partial charge in [0.15, 0.2) is 0 Å². The van der Waals surface area contributed by atoms with Gasteiger partial charge in [-0.3, -0.25) is 4.79 Å². The lowest BCUT2D eigenvalue weighted by Crippen LogP contribution is -2.49. The van der Waals surface area contributed by atoms with Crippen molar-refractivity contribution in [3.63, 3.8) is 0 Å². The highest BCUT2D eigenvalue weighted by atomic mass is 32.2. The molecule has 0 spiro atoms. The molecule has 1 saturated carbocycles. The lowest BCUT2D eigenvalue weighted by molar-refractivity contribution is -0.125. The summed E-state index contributed by atoms with van der Waals surface area (Å²) in [6.45, 7) is 4.95. The molecule has 0 aromatic heterocycles. The fourth-order valence-electron chi connectivity index (χ4n) is 2.68. The molecule has 5 heteroatoms. The zero-order valence-electron chi connectivity index (χ0n) is 11.3. The van der Waals surface area contributed by atoms with Crippen LogP contribution in [0.1, 0.15) is 26.2 Å². The second-order valence-electron chi connectivity index (χ2n) is 5.27. The number of amides is 1. The van der Waals surface area contributed by atoms with Gasteiger partial charge in [0.25, 0.3) is 0 Å². The lowest BCUT2D eigenvalue weighted by atomic mass is 9.84. The van der Waals surface area contributed by atoms with Crippen molar-refractivity contribution < 1.29 is 9.53 Å². The van der Waals surface area contributed by atoms with Crippen LogP contribution in [0.5, 0.6) is 0 Å². The van der Waals surface area contributed by atoms with Gasteiger partial charge in [-0.15, -0.1) is 0 Å². The maximum absolute atomic E-state index is 12.2. The fraction of sp³-hybridized carbons (Fsp3) is 0.923. The minimum Gasteiger partial charge on any atom is -0.379 e. The predicted molar refractivity (Wildman–Crippen MR) is 74.9 cm³/mol. The maximum Gasteiger partial charge on any atom is 0.227 e. The van der Waals surface area contributed by atoms with Gasteiger partial charge < -0.3 is 15.4 Å². The summed E-state index contributed by atoms with van der Waals surface area (Å²) in [6.07, 6.45) is 5.90. The number of rotatable bonds is 6. The topological polar surface area (TPSA) is 50.4 Å². The van der Waals surface area contributed by atoms with Crippen LogP contribution >= 0.6 is 11.8 Å². The molecule has 0 bridgehead atoms. The first kappa shape index (κ1) is 14.2. The average Bonchev–Trinajstić information content (AvgIpc) is 2.77. The highest BCUT2D eigenvalue weighted by Crippen LogP contribution is 2.42. The number of nitrogens with one attached hydrogen (secondary N) is 2. The normalized spacial score (nSPS) is 29.9. The van der Waals surface area contributed by atoms with E-state index < -0.39 is 0 Å². The first-order chi connectivity index (χ1) is 8.71. The Bertz CT molecular complexity index is 289. The van der Waals surface area contributed by atoms with Crippen LogP contribution in [-0.4, -0.2) is 49.3 Å². The minimum atomic E-state index is -0.0241. The van der Waals surface area contributed by atoms with Crippen molar-refractivity contribution in [3.05, 3.63) is 0 Å². The molecule has 0 radical (unpaired) electrons. The Labute approximate surface area is 114 Å². The molecule has 0 aromatic carbocycles. The van der Waals surface area contributed by atoms with Crippen molar-refractivity contribution in [2.45, 2.75) is 37.0 Å². The SMILES string of the molecule is CCNC1COCC1C(=O)NCC1(SC)CCC1. The summed E-state index contributed by atoms with van der Waals surface area (Å²) in [5, 5.41) is 6.45. The summed E-state index contributed by atoms with van der Waals surface area (Å²) in [6, 6.07) is 0.182. The maximum atomic E-state index is 12.2. The highest BCUT2D eigenvalue weighted by Gasteiger charge is 2.38. The van der Waals surface area contributed by atoms with Gasteiger partial charge in [0, 0.05) is 17.3 Å². The van der Waals surface area contributed by atoms with E-state index in [4.69, 9.17) is 4.74 Å². The van der Waals surface area contributed by atoms with Crippen molar-refractivity contribution in [2.24, 2.45) is 5.92 Å². The molecule has 4 nitrogen and oxygen atoms in total. The first-order valence-electron chi connectivity index (χ1n) is 6.85. The van der Waals surface area contributed by atoms with Crippen molar-refractivity contribution in [3.8, 4) is 0 Å². The van der Waals surface area contributed by atoms with E-state index in [-0.39, 0.29) is 17.9 Å². The molecular formula is C13H24N2O2S. The van der Waals surface area contributed by atoms with Crippen LogP contribution in [0.3, 0.4) is 0 Å². The Kier molecular flexibility index (Phi) is 4.92. The van der Waals surface area contributed by atoms with Crippen LogP contribution < -0.4 is 10.6 Å². The molecule has 0 aromatic rings. The van der Waals surface area contributed by atoms with Gasteiger partial charge in [0.2, 0.25) is 5.91 Å². The number of likely N-dealkylation sites (N-methyl/N-ethyl adjacent to an activating group) is 1. The third-order valence-electron chi connectivity index (χ3n) is 4.17. The second-order valence-corrected chi connectivity index (χ2v) is 6.54. The molecule has 1 aliphatic heterocycles. The third-order valence-corrected chi connectivity index (χ3v) is 5.58. The number of thioether (sulfide) groups is 1. The molecule has 2 fully saturated rings. The monoisotopic (exact) mass is 272 g/mol. The summed E-state index contributed by atoms with van der Waals surface area (Å²) in [7, 11) is 0. The Morgan fingerprint density at radius 2 is 2.22 bits per heavy atom. The fourth-order valence-corrected chi connectivity index (χ4v) is 3.59. The van der Waals surface area contributed by atoms with Gasteiger partial charge in [0.1, 0.15) is 0 Å². The quantitative estimate of drug-likeness (QED) is 0.758. The molecule has 2 rings (SSSR count). The van der Waals surface area contributed by atoms with Crippen LogP contribution in [0.15, 0.2) is 0 Å². The molecule has 18 heavy (non-hydrogen) atoms. The summed E-state index contributed by atoms with van der Waals surface area (Å²) >= 11 is 1.89. The number of carbonyl (C=O) groups excluding carboxylic acids is 1. The smallest absolute Gasteiger partial charge is 0.227 e. The van der Waals surface area contributed by atoms with Crippen LogP contribution in [0.4, 0.5) is 0 Å². The molecular weight excluding hydrogens is 248 g/mol. The molecule has 1 amide bonds. The van der Waals surface area contributed by atoms with E-state index in [1.807, 2.05) is 11.8 Å². The van der Waals surface area contributed by atoms with Gasteiger partial charge in [-0.05, 0) is 25.6 Å². The number of hydrogen-bond acceptors (Lipinski definition) is 4. The zero-order chi connectivity index (χ0) is 13.0. The van der Waals surface area contributed by atoms with Gasteiger partial charge in [0.05, 0.1) is 19.1 Å². The van der Waals surface area contributed by atoms with E-state index in [9.17, 15) is 4.79 Å². The highest BCUT2D eigenvalue weighted by molar-refractivity contribution is 8.00. The van der Waals surface area contributed by atoms with Crippen molar-refractivity contribution in [1.29, 1.82) is 0 Å².